The first kappa shape index (κ1) is 29.1. The van der Waals surface area contributed by atoms with Crippen LogP contribution in [0.5, 0.6) is 5.75 Å². The first-order chi connectivity index (χ1) is 20.4. The molecule has 11 heteroatoms. The van der Waals surface area contributed by atoms with Gasteiger partial charge in [0.25, 0.3) is 5.91 Å². The van der Waals surface area contributed by atoms with E-state index in [0.29, 0.717) is 18.8 Å². The van der Waals surface area contributed by atoms with Crippen LogP contribution in [0.15, 0.2) is 59.1 Å². The number of likely N-dealkylation sites (N-methyl/N-ethyl adjacent to an activating group) is 1. The van der Waals surface area contributed by atoms with Crippen molar-refractivity contribution in [2.24, 2.45) is 17.6 Å². The SMILES string of the molecule is CN(C)[C@@H]1C(O)=C(C(N)=O)C(=O)[C@]2(O)C(O)=C3C(=O)c4c(O)ccc(-c5cccc(CN6CCOCC6)c5)c4C[C@@H]3C[C@@H]12. The minimum absolute atomic E-state index is 0.00290. The third-order valence-corrected chi connectivity index (χ3v) is 9.35. The number of amides is 1. The van der Waals surface area contributed by atoms with E-state index in [4.69, 9.17) is 10.5 Å². The number of primary amides is 1. The molecule has 226 valence electrons. The van der Waals surface area contributed by atoms with Crippen LogP contribution in [0.25, 0.3) is 11.1 Å². The number of fused-ring (bicyclic) bond motifs is 3. The van der Waals surface area contributed by atoms with Crippen LogP contribution in [-0.2, 0) is 27.3 Å². The van der Waals surface area contributed by atoms with E-state index < -0.39 is 58.0 Å². The zero-order valence-corrected chi connectivity index (χ0v) is 24.0. The largest absolute Gasteiger partial charge is 0.510 e. The van der Waals surface area contributed by atoms with Gasteiger partial charge in [-0.3, -0.25) is 24.2 Å². The van der Waals surface area contributed by atoms with E-state index in [0.717, 1.165) is 36.3 Å². The maximum Gasteiger partial charge on any atom is 0.255 e. The highest BCUT2D eigenvalue weighted by Crippen LogP contribution is 2.53. The van der Waals surface area contributed by atoms with Crippen LogP contribution >= 0.6 is 0 Å². The Bertz CT molecular complexity index is 1610. The lowest BCUT2D eigenvalue weighted by molar-refractivity contribution is -0.148. The quantitative estimate of drug-likeness (QED) is 0.323. The highest BCUT2D eigenvalue weighted by molar-refractivity contribution is 6.24. The molecule has 1 amide bonds. The van der Waals surface area contributed by atoms with Gasteiger partial charge in [-0.1, -0.05) is 24.3 Å². The summed E-state index contributed by atoms with van der Waals surface area (Å²) in [5.74, 6) is -6.65. The number of benzene rings is 2. The van der Waals surface area contributed by atoms with Crippen LogP contribution in [0.1, 0.15) is 27.9 Å². The topological polar surface area (TPSA) is 174 Å². The number of Topliss-reactive ketones (excluding diaryl/α,β-unsaturated/α-hetero) is 2. The summed E-state index contributed by atoms with van der Waals surface area (Å²) >= 11 is 0. The van der Waals surface area contributed by atoms with Crippen LogP contribution in [0.4, 0.5) is 0 Å². The second-order valence-corrected chi connectivity index (χ2v) is 12.0. The molecule has 1 heterocycles. The molecule has 1 fully saturated rings. The Balaban J connectivity index is 1.45. The van der Waals surface area contributed by atoms with Crippen LogP contribution < -0.4 is 5.73 Å². The number of allylic oxidation sites excluding steroid dienone is 1. The van der Waals surface area contributed by atoms with Gasteiger partial charge >= 0.3 is 0 Å². The van der Waals surface area contributed by atoms with Crippen molar-refractivity contribution in [1.82, 2.24) is 9.80 Å². The molecule has 2 aromatic rings. The van der Waals surface area contributed by atoms with Gasteiger partial charge in [-0.25, -0.2) is 0 Å². The van der Waals surface area contributed by atoms with E-state index in [1.165, 1.54) is 11.0 Å². The molecule has 3 aliphatic carbocycles. The molecule has 0 bridgehead atoms. The minimum Gasteiger partial charge on any atom is -0.510 e. The molecule has 1 aliphatic heterocycles. The number of aliphatic hydroxyl groups is 3. The normalized spacial score (nSPS) is 27.7. The van der Waals surface area contributed by atoms with Crippen molar-refractivity contribution in [3.8, 4) is 16.9 Å². The summed E-state index contributed by atoms with van der Waals surface area (Å²) in [4.78, 5) is 43.5. The number of aromatic hydroxyl groups is 1. The van der Waals surface area contributed by atoms with Crippen molar-refractivity contribution in [2.45, 2.75) is 31.0 Å². The lowest BCUT2D eigenvalue weighted by Gasteiger charge is -2.50. The van der Waals surface area contributed by atoms with Gasteiger partial charge in [0.15, 0.2) is 11.4 Å². The summed E-state index contributed by atoms with van der Waals surface area (Å²) < 4.78 is 5.46. The number of hydrogen-bond donors (Lipinski definition) is 5. The molecule has 4 atom stereocenters. The Labute approximate surface area is 248 Å². The molecule has 6 N–H and O–H groups in total. The van der Waals surface area contributed by atoms with Gasteiger partial charge in [0.05, 0.1) is 24.8 Å². The standard InChI is InChI=1S/C32H35N3O8/c1-34(2)26-21-14-18-13-20-19(17-5-3-4-16(12-17)15-35-8-10-43-11-9-35)6-7-22(36)24(20)27(37)23(18)29(39)32(21,42)30(40)25(28(26)38)31(33)41/h3-7,12,18,21,26,36,38-39,42H,8-11,13-15H2,1-2H3,(H2,33,41)/t18-,21+,26+,32-/m1/s1. The molecule has 2 aromatic carbocycles. The number of aliphatic hydroxyl groups excluding tert-OH is 2. The maximum atomic E-state index is 14.0. The van der Waals surface area contributed by atoms with Gasteiger partial charge in [-0.05, 0) is 67.2 Å². The van der Waals surface area contributed by atoms with Crippen LogP contribution in [0.3, 0.4) is 0 Å². The van der Waals surface area contributed by atoms with Gasteiger partial charge < -0.3 is 30.9 Å². The molecule has 0 saturated carbocycles. The molecular weight excluding hydrogens is 554 g/mol. The number of rotatable bonds is 5. The number of carbonyl (C=O) groups excluding carboxylic acids is 3. The van der Waals surface area contributed by atoms with Crippen LogP contribution in [0, 0.1) is 11.8 Å². The smallest absolute Gasteiger partial charge is 0.255 e. The predicted octanol–water partition coefficient (Wildman–Crippen LogP) is 1.62. The number of carbonyl (C=O) groups is 3. The molecule has 43 heavy (non-hydrogen) atoms. The molecular formula is C32H35N3O8. The van der Waals surface area contributed by atoms with E-state index >= 15 is 0 Å². The van der Waals surface area contributed by atoms with Crippen molar-refractivity contribution < 1.29 is 39.5 Å². The Morgan fingerprint density at radius 1 is 1.12 bits per heavy atom. The van der Waals surface area contributed by atoms with Crippen molar-refractivity contribution in [3.05, 3.63) is 75.8 Å². The number of hydrogen-bond acceptors (Lipinski definition) is 10. The Hall–Kier alpha value is -4.03. The summed E-state index contributed by atoms with van der Waals surface area (Å²) in [5, 5.41) is 45.1. The summed E-state index contributed by atoms with van der Waals surface area (Å²) in [6.07, 6.45) is 0.268. The van der Waals surface area contributed by atoms with Gasteiger partial charge in [-0.2, -0.15) is 0 Å². The van der Waals surface area contributed by atoms with Gasteiger partial charge in [0, 0.05) is 31.1 Å². The number of nitrogens with two attached hydrogens (primary N) is 1. The highest BCUT2D eigenvalue weighted by Gasteiger charge is 2.63. The fraction of sp³-hybridized carbons (Fsp3) is 0.406. The number of ether oxygens (including phenoxy) is 1. The summed E-state index contributed by atoms with van der Waals surface area (Å²) in [7, 11) is 3.21. The lowest BCUT2D eigenvalue weighted by atomic mass is 9.58. The van der Waals surface area contributed by atoms with E-state index in [-0.39, 0.29) is 29.7 Å². The van der Waals surface area contributed by atoms with E-state index in [1.54, 1.807) is 20.2 Å². The fourth-order valence-corrected chi connectivity index (χ4v) is 7.38. The molecule has 0 unspecified atom stereocenters. The zero-order valence-electron chi connectivity index (χ0n) is 24.0. The first-order valence-corrected chi connectivity index (χ1v) is 14.3. The summed E-state index contributed by atoms with van der Waals surface area (Å²) in [6.45, 7) is 3.78. The molecule has 11 nitrogen and oxygen atoms in total. The maximum absolute atomic E-state index is 14.0. The molecule has 6 rings (SSSR count). The second kappa shape index (κ2) is 10.6. The number of nitrogens with zero attached hydrogens (tertiary/aromatic N) is 2. The zero-order chi connectivity index (χ0) is 30.8. The third-order valence-electron chi connectivity index (χ3n) is 9.35. The summed E-state index contributed by atoms with van der Waals surface area (Å²) in [6, 6.07) is 10.2. The van der Waals surface area contributed by atoms with Crippen molar-refractivity contribution in [1.29, 1.82) is 0 Å². The van der Waals surface area contributed by atoms with Crippen molar-refractivity contribution >= 4 is 17.5 Å². The average molecular weight is 590 g/mol. The highest BCUT2D eigenvalue weighted by atomic mass is 16.5. The van der Waals surface area contributed by atoms with E-state index in [9.17, 15) is 34.8 Å². The predicted molar refractivity (Wildman–Crippen MR) is 155 cm³/mol. The Kier molecular flexibility index (Phi) is 7.16. The van der Waals surface area contributed by atoms with Crippen LogP contribution in [-0.4, -0.2) is 99.7 Å². The Morgan fingerprint density at radius 3 is 2.51 bits per heavy atom. The monoisotopic (exact) mass is 589 g/mol. The van der Waals surface area contributed by atoms with Gasteiger partial charge in [0.2, 0.25) is 5.78 Å². The summed E-state index contributed by atoms with van der Waals surface area (Å²) in [5.41, 5.74) is 5.05. The molecule has 1 saturated heterocycles. The average Bonchev–Trinajstić information content (AvgIpc) is 2.95. The molecule has 0 radical (unpaired) electrons. The number of morpholine rings is 1. The van der Waals surface area contributed by atoms with Crippen molar-refractivity contribution in [3.63, 3.8) is 0 Å². The molecule has 0 spiro atoms. The fourth-order valence-electron chi connectivity index (χ4n) is 7.38. The van der Waals surface area contributed by atoms with Crippen molar-refractivity contribution in [2.75, 3.05) is 40.4 Å². The molecule has 4 aliphatic rings. The van der Waals surface area contributed by atoms with Crippen LogP contribution in [0.2, 0.25) is 0 Å². The third kappa shape index (κ3) is 4.46. The van der Waals surface area contributed by atoms with Gasteiger partial charge in [-0.15, -0.1) is 0 Å². The second-order valence-electron chi connectivity index (χ2n) is 12.0. The van der Waals surface area contributed by atoms with Gasteiger partial charge in [0.1, 0.15) is 22.8 Å². The molecule has 0 aromatic heterocycles. The first-order valence-electron chi connectivity index (χ1n) is 14.3. The van der Waals surface area contributed by atoms with E-state index in [2.05, 4.69) is 11.0 Å². The Morgan fingerprint density at radius 2 is 1.84 bits per heavy atom. The minimum atomic E-state index is -2.66. The van der Waals surface area contributed by atoms with E-state index in [1.807, 2.05) is 18.2 Å². The number of phenols is 1. The lowest BCUT2D eigenvalue weighted by Crippen LogP contribution is -2.63. The number of phenolic OH excluding ortho intramolecular Hbond substituents is 1. The number of ketones is 2.